The lowest BCUT2D eigenvalue weighted by molar-refractivity contribution is -0.122. The molecular weight excluding hydrogens is 322 g/mol. The van der Waals surface area contributed by atoms with E-state index >= 15 is 0 Å². The number of methoxy groups -OCH3 is 1. The van der Waals surface area contributed by atoms with Crippen LogP contribution in [0.4, 0.5) is 0 Å². The van der Waals surface area contributed by atoms with Crippen LogP contribution < -0.4 is 14.9 Å². The Bertz CT molecular complexity index is 801. The van der Waals surface area contributed by atoms with Crippen LogP contribution in [0, 0.1) is 5.92 Å². The molecular formula is C18H17N3O4. The molecule has 128 valence electrons. The van der Waals surface area contributed by atoms with E-state index in [1.54, 1.807) is 30.3 Å². The van der Waals surface area contributed by atoms with Gasteiger partial charge in [-0.05, 0) is 48.7 Å². The fourth-order valence-electron chi connectivity index (χ4n) is 2.10. The Kier molecular flexibility index (Phi) is 5.03. The summed E-state index contributed by atoms with van der Waals surface area (Å²) < 4.78 is 10.6. The Labute approximate surface area is 144 Å². The van der Waals surface area contributed by atoms with Crippen LogP contribution in [0.3, 0.4) is 0 Å². The number of ether oxygens (including phenoxy) is 2. The summed E-state index contributed by atoms with van der Waals surface area (Å²) in [5.74, 6) is 0.218. The van der Waals surface area contributed by atoms with Gasteiger partial charge in [-0.1, -0.05) is 0 Å². The van der Waals surface area contributed by atoms with E-state index in [-0.39, 0.29) is 11.8 Å². The van der Waals surface area contributed by atoms with Crippen LogP contribution in [-0.4, -0.2) is 30.2 Å². The Morgan fingerprint density at radius 1 is 1.20 bits per heavy atom. The molecule has 0 unspecified atom stereocenters. The summed E-state index contributed by atoms with van der Waals surface area (Å²) in [6, 6.07) is 8.13. The van der Waals surface area contributed by atoms with Crippen molar-refractivity contribution in [1.82, 2.24) is 10.4 Å². The topological polar surface area (TPSA) is 89.9 Å². The van der Waals surface area contributed by atoms with E-state index < -0.39 is 5.97 Å². The van der Waals surface area contributed by atoms with Crippen LogP contribution in [0.15, 0.2) is 47.8 Å². The fraction of sp³-hybridized carbons (Fsp3) is 0.222. The second kappa shape index (κ2) is 7.57. The second-order valence-electron chi connectivity index (χ2n) is 5.54. The number of amides is 1. The average Bonchev–Trinajstić information content (AvgIpc) is 3.48. The van der Waals surface area contributed by atoms with Crippen molar-refractivity contribution in [2.24, 2.45) is 11.0 Å². The van der Waals surface area contributed by atoms with Gasteiger partial charge in [-0.3, -0.25) is 9.78 Å². The van der Waals surface area contributed by atoms with Crippen molar-refractivity contribution < 1.29 is 19.1 Å². The summed E-state index contributed by atoms with van der Waals surface area (Å²) in [4.78, 5) is 27.5. The van der Waals surface area contributed by atoms with Crippen LogP contribution in [0.2, 0.25) is 0 Å². The summed E-state index contributed by atoms with van der Waals surface area (Å²) in [6.07, 6.45) is 6.39. The minimum atomic E-state index is -0.501. The van der Waals surface area contributed by atoms with Gasteiger partial charge >= 0.3 is 5.97 Å². The molecule has 0 radical (unpaired) electrons. The molecule has 0 aliphatic heterocycles. The summed E-state index contributed by atoms with van der Waals surface area (Å²) >= 11 is 0. The van der Waals surface area contributed by atoms with Crippen LogP contribution in [0.5, 0.6) is 11.5 Å². The number of esters is 1. The third-order valence-corrected chi connectivity index (χ3v) is 3.64. The van der Waals surface area contributed by atoms with Gasteiger partial charge in [0, 0.05) is 18.3 Å². The van der Waals surface area contributed by atoms with Crippen LogP contribution in [-0.2, 0) is 4.79 Å². The van der Waals surface area contributed by atoms with Crippen LogP contribution in [0.25, 0.3) is 0 Å². The Morgan fingerprint density at radius 3 is 2.64 bits per heavy atom. The lowest BCUT2D eigenvalue weighted by atomic mass is 10.2. The first-order valence-electron chi connectivity index (χ1n) is 7.80. The number of carbonyl (C=O) groups excluding carboxylic acids is 2. The van der Waals surface area contributed by atoms with Gasteiger partial charge in [0.15, 0.2) is 11.5 Å². The Balaban J connectivity index is 1.67. The molecule has 25 heavy (non-hydrogen) atoms. The van der Waals surface area contributed by atoms with Gasteiger partial charge in [-0.25, -0.2) is 10.2 Å². The lowest BCUT2D eigenvalue weighted by Crippen LogP contribution is -2.18. The van der Waals surface area contributed by atoms with Crippen LogP contribution in [0.1, 0.15) is 28.8 Å². The summed E-state index contributed by atoms with van der Waals surface area (Å²) in [7, 11) is 1.48. The number of hydrogen-bond acceptors (Lipinski definition) is 6. The first-order chi connectivity index (χ1) is 12.2. The number of hydrazone groups is 1. The third-order valence-electron chi connectivity index (χ3n) is 3.64. The highest BCUT2D eigenvalue weighted by molar-refractivity contribution is 5.91. The maximum atomic E-state index is 12.1. The highest BCUT2D eigenvalue weighted by atomic mass is 16.6. The third kappa shape index (κ3) is 4.41. The first kappa shape index (κ1) is 16.6. The van der Waals surface area contributed by atoms with Gasteiger partial charge < -0.3 is 9.47 Å². The number of nitrogens with one attached hydrogen (secondary N) is 1. The van der Waals surface area contributed by atoms with Crippen molar-refractivity contribution >= 4 is 18.1 Å². The predicted molar refractivity (Wildman–Crippen MR) is 90.7 cm³/mol. The zero-order chi connectivity index (χ0) is 17.6. The molecule has 1 aliphatic carbocycles. The molecule has 1 N–H and O–H groups in total. The minimum Gasteiger partial charge on any atom is -0.493 e. The highest BCUT2D eigenvalue weighted by Crippen LogP contribution is 2.29. The quantitative estimate of drug-likeness (QED) is 0.377. The number of pyridine rings is 1. The van der Waals surface area contributed by atoms with Gasteiger partial charge in [0.25, 0.3) is 0 Å². The van der Waals surface area contributed by atoms with E-state index in [9.17, 15) is 9.59 Å². The van der Waals surface area contributed by atoms with Gasteiger partial charge in [-0.15, -0.1) is 0 Å². The second-order valence-corrected chi connectivity index (χ2v) is 5.54. The number of nitrogens with zero attached hydrogens (tertiary/aromatic N) is 2. The van der Waals surface area contributed by atoms with Crippen molar-refractivity contribution in [3.8, 4) is 11.5 Å². The standard InChI is InChI=1S/C18H17N3O4/c1-24-16-10-12(11-20-21-17(22)13-3-4-13)2-5-15(16)25-18(23)14-6-8-19-9-7-14/h2,5-11,13H,3-4H2,1H3,(H,21,22)/b20-11-. The first-order valence-corrected chi connectivity index (χ1v) is 7.80. The predicted octanol–water partition coefficient (Wildman–Crippen LogP) is 2.17. The molecule has 1 fully saturated rings. The summed E-state index contributed by atoms with van der Waals surface area (Å²) in [6.45, 7) is 0. The minimum absolute atomic E-state index is 0.0638. The molecule has 0 atom stereocenters. The Morgan fingerprint density at radius 2 is 1.96 bits per heavy atom. The molecule has 1 aromatic carbocycles. The van der Waals surface area contributed by atoms with Gasteiger partial charge in [0.1, 0.15) is 0 Å². The van der Waals surface area contributed by atoms with Crippen molar-refractivity contribution in [2.75, 3.05) is 7.11 Å². The molecule has 2 aromatic rings. The van der Waals surface area contributed by atoms with Crippen molar-refractivity contribution in [3.05, 3.63) is 53.9 Å². The monoisotopic (exact) mass is 339 g/mol. The zero-order valence-electron chi connectivity index (χ0n) is 13.6. The van der Waals surface area contributed by atoms with Crippen molar-refractivity contribution in [1.29, 1.82) is 0 Å². The molecule has 0 bridgehead atoms. The maximum absolute atomic E-state index is 12.1. The average molecular weight is 339 g/mol. The number of carbonyl (C=O) groups is 2. The van der Waals surface area contributed by atoms with Crippen LogP contribution >= 0.6 is 0 Å². The number of aromatic nitrogens is 1. The maximum Gasteiger partial charge on any atom is 0.343 e. The van der Waals surface area contributed by atoms with Gasteiger partial charge in [0.2, 0.25) is 5.91 Å². The molecule has 7 heteroatoms. The molecule has 1 aromatic heterocycles. The number of hydrogen-bond donors (Lipinski definition) is 1. The molecule has 0 spiro atoms. The molecule has 1 aliphatic rings. The highest BCUT2D eigenvalue weighted by Gasteiger charge is 2.29. The molecule has 1 heterocycles. The molecule has 7 nitrogen and oxygen atoms in total. The summed E-state index contributed by atoms with van der Waals surface area (Å²) in [5.41, 5.74) is 3.60. The van der Waals surface area contributed by atoms with Gasteiger partial charge in [-0.2, -0.15) is 5.10 Å². The van der Waals surface area contributed by atoms with E-state index in [0.29, 0.717) is 22.6 Å². The van der Waals surface area contributed by atoms with E-state index in [2.05, 4.69) is 15.5 Å². The lowest BCUT2D eigenvalue weighted by Gasteiger charge is -2.09. The van der Waals surface area contributed by atoms with E-state index in [1.807, 2.05) is 0 Å². The molecule has 1 saturated carbocycles. The zero-order valence-corrected chi connectivity index (χ0v) is 13.6. The summed E-state index contributed by atoms with van der Waals surface area (Å²) in [5, 5.41) is 3.92. The molecule has 0 saturated heterocycles. The smallest absolute Gasteiger partial charge is 0.343 e. The SMILES string of the molecule is COc1cc(/C=N\NC(=O)C2CC2)ccc1OC(=O)c1ccncc1. The largest absolute Gasteiger partial charge is 0.493 e. The van der Waals surface area contributed by atoms with E-state index in [4.69, 9.17) is 9.47 Å². The van der Waals surface area contributed by atoms with E-state index in [0.717, 1.165) is 12.8 Å². The number of benzene rings is 1. The van der Waals surface area contributed by atoms with Crippen molar-refractivity contribution in [3.63, 3.8) is 0 Å². The Hall–Kier alpha value is -3.22. The fourth-order valence-corrected chi connectivity index (χ4v) is 2.10. The number of rotatable bonds is 6. The van der Waals surface area contributed by atoms with Crippen molar-refractivity contribution in [2.45, 2.75) is 12.8 Å². The molecule has 1 amide bonds. The normalized spacial score (nSPS) is 13.5. The van der Waals surface area contributed by atoms with Gasteiger partial charge in [0.05, 0.1) is 18.9 Å². The van der Waals surface area contributed by atoms with E-state index in [1.165, 1.54) is 25.7 Å². The molecule has 3 rings (SSSR count).